The number of aromatic nitrogens is 1. The lowest BCUT2D eigenvalue weighted by atomic mass is 9.91. The maximum absolute atomic E-state index is 14.5. The normalized spacial score (nSPS) is 18.9. The lowest BCUT2D eigenvalue weighted by Gasteiger charge is -2.47. The van der Waals surface area contributed by atoms with E-state index >= 15 is 0 Å². The summed E-state index contributed by atoms with van der Waals surface area (Å²) in [5.74, 6) is -1.55. The number of rotatable bonds is 10. The fourth-order valence-electron chi connectivity index (χ4n) is 7.70. The second-order valence-corrected chi connectivity index (χ2v) is 15.2. The summed E-state index contributed by atoms with van der Waals surface area (Å²) >= 11 is 0. The van der Waals surface area contributed by atoms with E-state index < -0.39 is 11.4 Å². The van der Waals surface area contributed by atoms with Gasteiger partial charge in [0.1, 0.15) is 11.4 Å². The molecule has 2 fully saturated rings. The van der Waals surface area contributed by atoms with Gasteiger partial charge in [-0.15, -0.1) is 0 Å². The van der Waals surface area contributed by atoms with E-state index in [4.69, 9.17) is 14.2 Å². The van der Waals surface area contributed by atoms with Crippen LogP contribution in [0.1, 0.15) is 108 Å². The zero-order valence-electron chi connectivity index (χ0n) is 30.5. The first-order valence-corrected chi connectivity index (χ1v) is 18.4. The molecule has 0 unspecified atom stereocenters. The van der Waals surface area contributed by atoms with Gasteiger partial charge in [-0.1, -0.05) is 68.8 Å². The van der Waals surface area contributed by atoms with E-state index in [1.54, 1.807) is 12.1 Å². The second-order valence-electron chi connectivity index (χ2n) is 15.2. The molecule has 6 rings (SSSR count). The third-order valence-electron chi connectivity index (χ3n) is 9.68. The summed E-state index contributed by atoms with van der Waals surface area (Å²) in [6.45, 7) is 10.4. The van der Waals surface area contributed by atoms with Crippen LogP contribution in [-0.2, 0) is 25.5 Å². The van der Waals surface area contributed by atoms with Gasteiger partial charge < -0.3 is 24.1 Å². The van der Waals surface area contributed by atoms with Crippen molar-refractivity contribution in [2.45, 2.75) is 122 Å². The minimum absolute atomic E-state index is 0.0293. The highest BCUT2D eigenvalue weighted by Crippen LogP contribution is 2.44. The Kier molecular flexibility index (Phi) is 11.1. The lowest BCUT2D eigenvalue weighted by Crippen LogP contribution is -2.50. The van der Waals surface area contributed by atoms with E-state index in [-0.39, 0.29) is 42.2 Å². The molecule has 7 nitrogen and oxygen atoms in total. The molecule has 0 radical (unpaired) electrons. The first-order chi connectivity index (χ1) is 24.4. The smallest absolute Gasteiger partial charge is 0.308 e. The Morgan fingerprint density at radius 2 is 1.51 bits per heavy atom. The van der Waals surface area contributed by atoms with Gasteiger partial charge in [-0.05, 0) is 93.5 Å². The molecule has 8 heteroatoms. The van der Waals surface area contributed by atoms with Crippen molar-refractivity contribution in [1.29, 1.82) is 0 Å². The van der Waals surface area contributed by atoms with Crippen LogP contribution in [0.4, 0.5) is 10.1 Å². The van der Waals surface area contributed by atoms with Gasteiger partial charge in [0.15, 0.2) is 5.79 Å². The topological polar surface area (TPSA) is 78.8 Å². The molecular formula is C43H51FN2O5. The number of ether oxygens (including phenoxy) is 3. The highest BCUT2D eigenvalue weighted by Gasteiger charge is 2.44. The monoisotopic (exact) mass is 694 g/mol. The molecule has 1 spiro atoms. The number of benzene rings is 3. The molecule has 4 aromatic rings. The molecule has 1 aliphatic carbocycles. The molecule has 3 aromatic carbocycles. The molecule has 1 amide bonds. The average Bonchev–Trinajstić information content (AvgIpc) is 3.43. The third-order valence-corrected chi connectivity index (χ3v) is 9.68. The Bertz CT molecular complexity index is 1790. The molecule has 1 saturated carbocycles. The van der Waals surface area contributed by atoms with Crippen molar-refractivity contribution >= 4 is 17.6 Å². The molecule has 270 valence electrons. The van der Waals surface area contributed by atoms with Crippen molar-refractivity contribution in [3.63, 3.8) is 0 Å². The summed E-state index contributed by atoms with van der Waals surface area (Å²) in [7, 11) is 0. The Morgan fingerprint density at radius 1 is 0.882 bits per heavy atom. The van der Waals surface area contributed by atoms with E-state index in [2.05, 4.69) is 23.7 Å². The number of hydrogen-bond donors (Lipinski definition) is 1. The van der Waals surface area contributed by atoms with Crippen molar-refractivity contribution in [2.24, 2.45) is 0 Å². The number of nitrogens with one attached hydrogen (secondary N) is 1. The number of esters is 1. The van der Waals surface area contributed by atoms with Crippen LogP contribution < -0.4 is 5.32 Å². The fourth-order valence-corrected chi connectivity index (χ4v) is 7.70. The molecule has 2 heterocycles. The number of halogens is 1. The van der Waals surface area contributed by atoms with Crippen molar-refractivity contribution < 1.29 is 28.2 Å². The summed E-state index contributed by atoms with van der Waals surface area (Å²) in [5, 5.41) is 3.15. The molecule has 1 saturated heterocycles. The van der Waals surface area contributed by atoms with Crippen LogP contribution in [0, 0.1) is 5.82 Å². The largest absolute Gasteiger partial charge is 0.460 e. The minimum Gasteiger partial charge on any atom is -0.460 e. The van der Waals surface area contributed by atoms with Crippen LogP contribution in [0.15, 0.2) is 84.9 Å². The van der Waals surface area contributed by atoms with Crippen molar-refractivity contribution in [3.8, 4) is 22.4 Å². The van der Waals surface area contributed by atoms with Gasteiger partial charge in [-0.25, -0.2) is 4.39 Å². The highest BCUT2D eigenvalue weighted by atomic mass is 19.1. The van der Waals surface area contributed by atoms with Gasteiger partial charge >= 0.3 is 5.97 Å². The van der Waals surface area contributed by atoms with Crippen LogP contribution in [0.3, 0.4) is 0 Å². The SMILES string of the molecule is CC(C)c1c(C(=O)Nc2ccccc2)c(-c2ccccc2)c(-c2ccc(F)cc2)n1CC[C@@H]1C[C@H](CC(=O)OC(C)(C)C)OC2(CCCCC2)O1. The number of nitrogens with zero attached hydrogens (tertiary/aromatic N) is 1. The van der Waals surface area contributed by atoms with Crippen LogP contribution in [-0.4, -0.2) is 40.0 Å². The van der Waals surface area contributed by atoms with Gasteiger partial charge in [0.2, 0.25) is 0 Å². The molecule has 2 aliphatic rings. The maximum Gasteiger partial charge on any atom is 0.308 e. The average molecular weight is 695 g/mol. The van der Waals surface area contributed by atoms with Crippen LogP contribution in [0.2, 0.25) is 0 Å². The quantitative estimate of drug-likeness (QED) is 0.167. The molecule has 1 aromatic heterocycles. The van der Waals surface area contributed by atoms with Crippen LogP contribution in [0.25, 0.3) is 22.4 Å². The molecule has 1 N–H and O–H groups in total. The van der Waals surface area contributed by atoms with E-state index in [1.807, 2.05) is 81.4 Å². The van der Waals surface area contributed by atoms with E-state index in [0.717, 1.165) is 60.2 Å². The second kappa shape index (κ2) is 15.5. The summed E-state index contributed by atoms with van der Waals surface area (Å²) in [5.41, 5.74) is 4.99. The van der Waals surface area contributed by atoms with Gasteiger partial charge in [0.05, 0.1) is 29.9 Å². The van der Waals surface area contributed by atoms with Gasteiger partial charge in [-0.2, -0.15) is 0 Å². The van der Waals surface area contributed by atoms with E-state index in [0.29, 0.717) is 30.6 Å². The lowest BCUT2D eigenvalue weighted by molar-refractivity contribution is -0.329. The van der Waals surface area contributed by atoms with Crippen LogP contribution in [0.5, 0.6) is 0 Å². The predicted molar refractivity (Wildman–Crippen MR) is 199 cm³/mol. The van der Waals surface area contributed by atoms with Crippen molar-refractivity contribution in [3.05, 3.63) is 102 Å². The Labute approximate surface area is 301 Å². The number of hydrogen-bond acceptors (Lipinski definition) is 5. The molecular weight excluding hydrogens is 643 g/mol. The number of amides is 1. The Morgan fingerprint density at radius 3 is 2.14 bits per heavy atom. The van der Waals surface area contributed by atoms with Crippen molar-refractivity contribution in [1.82, 2.24) is 4.57 Å². The summed E-state index contributed by atoms with van der Waals surface area (Å²) in [6.07, 6.45) is 5.58. The molecule has 2 atom stereocenters. The summed E-state index contributed by atoms with van der Waals surface area (Å²) in [6, 6.07) is 25.9. The first kappa shape index (κ1) is 36.5. The predicted octanol–water partition coefficient (Wildman–Crippen LogP) is 10.3. The first-order valence-electron chi connectivity index (χ1n) is 18.4. The van der Waals surface area contributed by atoms with Crippen molar-refractivity contribution in [2.75, 3.05) is 5.32 Å². The van der Waals surface area contributed by atoms with E-state index in [9.17, 15) is 14.0 Å². The van der Waals surface area contributed by atoms with Gasteiger partial charge in [0, 0.05) is 42.8 Å². The Hall–Kier alpha value is -4.27. The number of carbonyl (C=O) groups is 2. The van der Waals surface area contributed by atoms with E-state index in [1.165, 1.54) is 12.1 Å². The summed E-state index contributed by atoms with van der Waals surface area (Å²) < 4.78 is 35.7. The molecule has 1 aliphatic heterocycles. The van der Waals surface area contributed by atoms with Gasteiger partial charge in [0.25, 0.3) is 5.91 Å². The maximum atomic E-state index is 14.5. The minimum atomic E-state index is -0.721. The number of para-hydroxylation sites is 1. The molecule has 0 bridgehead atoms. The highest BCUT2D eigenvalue weighted by molar-refractivity contribution is 6.12. The van der Waals surface area contributed by atoms with Gasteiger partial charge in [-0.3, -0.25) is 9.59 Å². The summed E-state index contributed by atoms with van der Waals surface area (Å²) in [4.78, 5) is 27.5. The standard InChI is InChI=1S/C43H51FN2O5/c1-29(2)39-38(41(48)45-33-17-11-7-12-18-33)37(30-15-9-6-10-16-30)40(31-19-21-32(44)22-20-31)46(39)26-23-34-27-35(28-36(47)51-42(3,4)5)50-43(49-34)24-13-8-14-25-43/h6-7,9-12,15-22,29,34-35H,8,13-14,23-28H2,1-5H3,(H,45,48)/t34-,35-/m1/s1. The Balaban J connectivity index is 1.42. The number of carbonyl (C=O) groups excluding carboxylic acids is 2. The van der Waals surface area contributed by atoms with Crippen LogP contribution >= 0.6 is 0 Å². The zero-order chi connectivity index (χ0) is 36.2. The fraction of sp³-hybridized carbons (Fsp3) is 0.442. The number of anilines is 1. The molecule has 51 heavy (non-hydrogen) atoms. The third kappa shape index (κ3) is 8.79. The zero-order valence-corrected chi connectivity index (χ0v) is 30.5.